The number of carbonyl (C=O) groups is 3. The molecule has 0 saturated carbocycles. The standard InChI is InChI=1S/C55H60N4O8/c1-5-37-15-17-48(66-36(3)61)29-46(64)30-52(40-16-18-53(54(26-40)65-4)67-47-13-8-12-45(63)28-47)58-33-41-10-7-14-51(50(41)34-58)59(22-20-35(2)60)55-27-39(19-21-57-55)49(38-9-6-11-44(62)24-38)25-43-32-56-31-42(43)23-37/h6-14,16,18-19,24,26-28,31-34,37,48-49,52,56-57,62-63H,5,15,17,20-23,25,29-30H2,1-4H3/t37-,48-,49+,52-/m1/s1. The van der Waals surface area contributed by atoms with E-state index in [1.165, 1.54) is 24.1 Å². The number of aromatic hydroxyl groups is 2. The van der Waals surface area contributed by atoms with Crippen LogP contribution in [0.3, 0.4) is 0 Å². The highest BCUT2D eigenvalue weighted by atomic mass is 16.5. The van der Waals surface area contributed by atoms with Gasteiger partial charge < -0.3 is 44.2 Å². The van der Waals surface area contributed by atoms with E-state index in [1.54, 1.807) is 44.4 Å². The summed E-state index contributed by atoms with van der Waals surface area (Å²) in [5.41, 5.74) is 6.16. The van der Waals surface area contributed by atoms with Crippen LogP contribution in [0.25, 0.3) is 10.8 Å². The summed E-state index contributed by atoms with van der Waals surface area (Å²) < 4.78 is 20.0. The Morgan fingerprint density at radius 3 is 2.34 bits per heavy atom. The van der Waals surface area contributed by atoms with Gasteiger partial charge >= 0.3 is 5.97 Å². The summed E-state index contributed by atoms with van der Waals surface area (Å²) >= 11 is 0. The van der Waals surface area contributed by atoms with Gasteiger partial charge in [-0.2, -0.15) is 0 Å². The van der Waals surface area contributed by atoms with Gasteiger partial charge in [-0.15, -0.1) is 0 Å². The summed E-state index contributed by atoms with van der Waals surface area (Å²) in [5, 5.41) is 26.3. The van der Waals surface area contributed by atoms with Crippen LogP contribution in [0.15, 0.2) is 133 Å². The number of benzene rings is 4. The number of rotatable bonds is 10. The maximum atomic E-state index is 14.5. The fourth-order valence-electron chi connectivity index (χ4n) is 9.60. The third kappa shape index (κ3) is 11.3. The van der Waals surface area contributed by atoms with Crippen molar-refractivity contribution in [3.05, 3.63) is 156 Å². The molecule has 4 heterocycles. The molecule has 0 amide bonds. The number of nitrogens with one attached hydrogen (secondary N) is 2. The molecule has 6 aromatic rings. The number of dihydropyridines is 1. The number of H-pyrrole nitrogens is 1. The molecule has 4 aromatic carbocycles. The molecule has 0 saturated heterocycles. The molecule has 8 rings (SSSR count). The summed E-state index contributed by atoms with van der Waals surface area (Å²) in [6, 6.07) is 25.2. The Bertz CT molecular complexity index is 2800. The molecule has 4 N–H and O–H groups in total. The minimum absolute atomic E-state index is 0.0582. The van der Waals surface area contributed by atoms with E-state index in [9.17, 15) is 24.6 Å². The summed E-state index contributed by atoms with van der Waals surface area (Å²) in [5.74, 6) is 2.19. The normalized spacial score (nSPS) is 19.3. The number of fused-ring (bicyclic) bond motifs is 3. The van der Waals surface area contributed by atoms with Gasteiger partial charge in [0, 0.05) is 86.8 Å². The zero-order chi connectivity index (χ0) is 47.0. The molecule has 12 heteroatoms. The van der Waals surface area contributed by atoms with Crippen molar-refractivity contribution >= 4 is 34.0 Å². The predicted molar refractivity (Wildman–Crippen MR) is 260 cm³/mol. The minimum atomic E-state index is -0.598. The van der Waals surface area contributed by atoms with E-state index in [1.807, 2.05) is 42.6 Å². The van der Waals surface area contributed by atoms with Crippen molar-refractivity contribution in [1.29, 1.82) is 0 Å². The number of ether oxygens (including phenoxy) is 3. The SMILES string of the molecule is CC[C@@H]1CC[C@@H](OC(C)=O)CC(=O)C[C@H](c2ccc(Oc3cccc(O)c3)c(OC)c2)n2cc3cccc(c3c2)N(CCC(C)=O)C2=CC(=CCN2)[C@H](c2cccc(O)c2)Cc2c[nH]cc2C1. The largest absolute Gasteiger partial charge is 0.508 e. The third-order valence-corrected chi connectivity index (χ3v) is 13.1. The highest BCUT2D eigenvalue weighted by Gasteiger charge is 2.28. The van der Waals surface area contributed by atoms with Gasteiger partial charge in [-0.25, -0.2) is 0 Å². The van der Waals surface area contributed by atoms with Gasteiger partial charge in [0.2, 0.25) is 0 Å². The van der Waals surface area contributed by atoms with E-state index in [-0.39, 0.29) is 47.7 Å². The lowest BCUT2D eigenvalue weighted by molar-refractivity contribution is -0.148. The van der Waals surface area contributed by atoms with Gasteiger partial charge in [0.25, 0.3) is 0 Å². The smallest absolute Gasteiger partial charge is 0.302 e. The van der Waals surface area contributed by atoms with Crippen molar-refractivity contribution in [3.8, 4) is 28.7 Å². The number of phenols is 2. The molecule has 12 nitrogen and oxygen atoms in total. The number of carbonyl (C=O) groups excluding carboxylic acids is 3. The quantitative estimate of drug-likeness (QED) is 0.0977. The summed E-state index contributed by atoms with van der Waals surface area (Å²) in [4.78, 5) is 45.3. The Labute approximate surface area is 391 Å². The zero-order valence-corrected chi connectivity index (χ0v) is 38.7. The fourth-order valence-corrected chi connectivity index (χ4v) is 9.60. The maximum Gasteiger partial charge on any atom is 0.302 e. The van der Waals surface area contributed by atoms with Gasteiger partial charge in [-0.1, -0.05) is 55.8 Å². The molecule has 0 fully saturated rings. The maximum absolute atomic E-state index is 14.5. The second-order valence-corrected chi connectivity index (χ2v) is 17.8. The first-order valence-electron chi connectivity index (χ1n) is 23.2. The number of allylic oxidation sites excluding steroid dienone is 2. The van der Waals surface area contributed by atoms with Crippen LogP contribution in [-0.2, 0) is 32.0 Å². The van der Waals surface area contributed by atoms with Crippen molar-refractivity contribution < 1.29 is 38.8 Å². The van der Waals surface area contributed by atoms with Gasteiger partial charge in [-0.05, 0) is 115 Å². The number of aromatic nitrogens is 2. The average molecular weight is 905 g/mol. The molecule has 67 heavy (non-hydrogen) atoms. The number of esters is 1. The number of anilines is 1. The van der Waals surface area contributed by atoms with Crippen LogP contribution >= 0.6 is 0 Å². The first-order chi connectivity index (χ1) is 32.4. The fraction of sp³-hybridized carbons (Fsp3) is 0.327. The van der Waals surface area contributed by atoms with E-state index in [0.717, 1.165) is 58.2 Å². The minimum Gasteiger partial charge on any atom is -0.508 e. The van der Waals surface area contributed by atoms with E-state index >= 15 is 0 Å². The highest BCUT2D eigenvalue weighted by Crippen LogP contribution is 2.40. The first-order valence-corrected chi connectivity index (χ1v) is 23.2. The Morgan fingerprint density at radius 1 is 0.821 bits per heavy atom. The highest BCUT2D eigenvalue weighted by molar-refractivity contribution is 5.95. The molecule has 348 valence electrons. The Kier molecular flexibility index (Phi) is 14.5. The molecule has 0 unspecified atom stereocenters. The average Bonchev–Trinajstić information content (AvgIpc) is 3.95. The van der Waals surface area contributed by atoms with Crippen LogP contribution in [0.2, 0.25) is 0 Å². The summed E-state index contributed by atoms with van der Waals surface area (Å²) in [7, 11) is 1.56. The van der Waals surface area contributed by atoms with Gasteiger partial charge in [-0.3, -0.25) is 14.4 Å². The predicted octanol–water partition coefficient (Wildman–Crippen LogP) is 10.6. The molecular weight excluding hydrogens is 845 g/mol. The zero-order valence-electron chi connectivity index (χ0n) is 38.7. The molecular formula is C55H60N4O8. The lowest BCUT2D eigenvalue weighted by Crippen LogP contribution is -2.35. The lowest BCUT2D eigenvalue weighted by atomic mass is 9.82. The number of methoxy groups -OCH3 is 1. The van der Waals surface area contributed by atoms with Crippen molar-refractivity contribution in [2.24, 2.45) is 5.92 Å². The van der Waals surface area contributed by atoms with E-state index in [4.69, 9.17) is 14.2 Å². The molecule has 4 bridgehead atoms. The lowest BCUT2D eigenvalue weighted by Gasteiger charge is -2.32. The number of hydrogen-bond donors (Lipinski definition) is 4. The second-order valence-electron chi connectivity index (χ2n) is 17.8. The monoisotopic (exact) mass is 904 g/mol. The number of phenolic OH excluding ortho intramolecular Hbond substituents is 2. The van der Waals surface area contributed by atoms with Gasteiger partial charge in [0.15, 0.2) is 11.5 Å². The number of aromatic amines is 1. The summed E-state index contributed by atoms with van der Waals surface area (Å²) in [6.07, 6.45) is 16.2. The molecule has 0 radical (unpaired) electrons. The molecule has 2 aliphatic rings. The van der Waals surface area contributed by atoms with E-state index < -0.39 is 18.1 Å². The molecule has 0 spiro atoms. The van der Waals surface area contributed by atoms with Crippen LogP contribution in [0.5, 0.6) is 28.7 Å². The third-order valence-electron chi connectivity index (χ3n) is 13.1. The number of hydrogen-bond acceptors (Lipinski definition) is 10. The molecule has 0 aliphatic carbocycles. The number of nitrogens with zero attached hydrogens (tertiary/aromatic N) is 2. The van der Waals surface area contributed by atoms with Crippen LogP contribution in [-0.4, -0.2) is 63.6 Å². The molecule has 2 aliphatic heterocycles. The van der Waals surface area contributed by atoms with Crippen molar-refractivity contribution in [3.63, 3.8) is 0 Å². The van der Waals surface area contributed by atoms with Crippen molar-refractivity contribution in [2.45, 2.75) is 90.2 Å². The Balaban J connectivity index is 1.26. The molecule has 2 aromatic heterocycles. The Hall–Kier alpha value is -7.21. The van der Waals surface area contributed by atoms with Crippen molar-refractivity contribution in [2.75, 3.05) is 25.1 Å². The van der Waals surface area contributed by atoms with Crippen LogP contribution < -0.4 is 19.7 Å². The van der Waals surface area contributed by atoms with Crippen LogP contribution in [0, 0.1) is 5.92 Å². The topological polar surface area (TPSA) is 155 Å². The van der Waals surface area contributed by atoms with E-state index in [0.29, 0.717) is 49.6 Å². The van der Waals surface area contributed by atoms with Crippen molar-refractivity contribution in [1.82, 2.24) is 14.9 Å². The van der Waals surface area contributed by atoms with Gasteiger partial charge in [0.1, 0.15) is 40.7 Å². The first kappa shape index (κ1) is 46.3. The molecule has 4 atom stereocenters. The van der Waals surface area contributed by atoms with E-state index in [2.05, 4.69) is 69.6 Å². The number of Topliss-reactive ketones (excluding diaryl/α,β-unsaturated/α-hetero) is 2. The summed E-state index contributed by atoms with van der Waals surface area (Å²) in [6.45, 7) is 6.15. The second kappa shape index (κ2) is 21.0. The van der Waals surface area contributed by atoms with Crippen LogP contribution in [0.4, 0.5) is 5.69 Å². The van der Waals surface area contributed by atoms with Gasteiger partial charge in [0.05, 0.1) is 18.8 Å². The number of ketones is 2. The Morgan fingerprint density at radius 2 is 1.60 bits per heavy atom. The van der Waals surface area contributed by atoms with Crippen LogP contribution in [0.1, 0.15) is 93.5 Å².